The molecule has 0 amide bonds. The minimum Gasteiger partial charge on any atom is -0.468 e. The first-order valence-corrected chi connectivity index (χ1v) is 7.05. The molecule has 0 bridgehead atoms. The molecule has 0 aliphatic rings. The third-order valence-corrected chi connectivity index (χ3v) is 3.93. The molecule has 1 rings (SSSR count). The second-order valence-electron chi connectivity index (χ2n) is 5.64. The van der Waals surface area contributed by atoms with E-state index in [1.54, 1.807) is 0 Å². The quantitative estimate of drug-likeness (QED) is 0.845. The van der Waals surface area contributed by atoms with Gasteiger partial charge in [0, 0.05) is 6.04 Å². The van der Waals surface area contributed by atoms with Gasteiger partial charge in [0.05, 0.1) is 19.0 Å². The van der Waals surface area contributed by atoms with E-state index >= 15 is 0 Å². The van der Waals surface area contributed by atoms with Crippen LogP contribution in [0.4, 0.5) is 5.69 Å². The Bertz CT molecular complexity index is 549. The van der Waals surface area contributed by atoms with Gasteiger partial charge in [-0.15, -0.1) is 0 Å². The van der Waals surface area contributed by atoms with Crippen LogP contribution in [0.1, 0.15) is 27.7 Å². The van der Waals surface area contributed by atoms with E-state index in [0.29, 0.717) is 10.2 Å². The maximum atomic E-state index is 12.1. The Hall–Kier alpha value is -1.37. The molecule has 0 aromatic carbocycles. The molecule has 0 radical (unpaired) electrons. The minimum atomic E-state index is -0.518. The van der Waals surface area contributed by atoms with Crippen molar-refractivity contribution in [2.75, 3.05) is 12.4 Å². The van der Waals surface area contributed by atoms with Crippen molar-refractivity contribution >= 4 is 27.6 Å². The summed E-state index contributed by atoms with van der Waals surface area (Å²) in [5, 5.41) is 7.22. The number of nitrogens with zero attached hydrogens (tertiary/aromatic N) is 2. The molecule has 0 aliphatic carbocycles. The predicted octanol–water partition coefficient (Wildman–Crippen LogP) is 2.03. The maximum absolute atomic E-state index is 12.1. The number of hydrogen-bond acceptors (Lipinski definition) is 5. The van der Waals surface area contributed by atoms with E-state index in [-0.39, 0.29) is 23.6 Å². The standard InChI is InChI=1S/C13H20BrN3O3/c1-8(13(2,3)4)16-9-6-15-17(7-10(18)20-5)12(19)11(9)14/h6,8,16H,7H2,1-5H3. The number of anilines is 1. The Morgan fingerprint density at radius 2 is 2.15 bits per heavy atom. The average molecular weight is 346 g/mol. The van der Waals surface area contributed by atoms with Gasteiger partial charge in [-0.05, 0) is 28.3 Å². The monoisotopic (exact) mass is 345 g/mol. The molecule has 1 heterocycles. The maximum Gasteiger partial charge on any atom is 0.327 e. The van der Waals surface area contributed by atoms with Gasteiger partial charge in [-0.3, -0.25) is 9.59 Å². The fraction of sp³-hybridized carbons (Fsp3) is 0.615. The Balaban J connectivity index is 3.01. The lowest BCUT2D eigenvalue weighted by Crippen LogP contribution is -2.33. The summed E-state index contributed by atoms with van der Waals surface area (Å²) in [7, 11) is 1.27. The van der Waals surface area contributed by atoms with Crippen molar-refractivity contribution in [3.05, 3.63) is 21.0 Å². The number of halogens is 1. The fourth-order valence-corrected chi connectivity index (χ4v) is 1.74. The number of aromatic nitrogens is 2. The van der Waals surface area contributed by atoms with Crippen molar-refractivity contribution in [2.45, 2.75) is 40.3 Å². The van der Waals surface area contributed by atoms with Gasteiger partial charge in [-0.25, -0.2) is 4.68 Å². The first kappa shape index (κ1) is 16.7. The molecule has 0 aliphatic heterocycles. The smallest absolute Gasteiger partial charge is 0.327 e. The number of esters is 1. The molecule has 7 heteroatoms. The van der Waals surface area contributed by atoms with Crippen molar-refractivity contribution < 1.29 is 9.53 Å². The summed E-state index contributed by atoms with van der Waals surface area (Å²) in [6, 6.07) is 0.149. The molecule has 1 N–H and O–H groups in total. The van der Waals surface area contributed by atoms with Crippen molar-refractivity contribution in [1.29, 1.82) is 0 Å². The zero-order valence-electron chi connectivity index (χ0n) is 12.4. The Morgan fingerprint density at radius 1 is 1.55 bits per heavy atom. The van der Waals surface area contributed by atoms with Gasteiger partial charge in [0.25, 0.3) is 5.56 Å². The second-order valence-corrected chi connectivity index (χ2v) is 6.44. The highest BCUT2D eigenvalue weighted by Crippen LogP contribution is 2.25. The summed E-state index contributed by atoms with van der Waals surface area (Å²) in [5.74, 6) is -0.518. The van der Waals surface area contributed by atoms with Crippen LogP contribution in [0.5, 0.6) is 0 Å². The summed E-state index contributed by atoms with van der Waals surface area (Å²) in [6.45, 7) is 8.13. The topological polar surface area (TPSA) is 73.2 Å². The van der Waals surface area contributed by atoms with Crippen LogP contribution in [-0.4, -0.2) is 28.9 Å². The molecule has 112 valence electrons. The molecule has 0 fully saturated rings. The number of nitrogens with one attached hydrogen (secondary N) is 1. The van der Waals surface area contributed by atoms with Crippen LogP contribution in [0.3, 0.4) is 0 Å². The second kappa shape index (κ2) is 6.39. The molecule has 1 atom stereocenters. The molecule has 1 aromatic rings. The number of hydrogen-bond donors (Lipinski definition) is 1. The number of carbonyl (C=O) groups excluding carboxylic acids is 1. The first-order valence-electron chi connectivity index (χ1n) is 6.25. The van der Waals surface area contributed by atoms with E-state index in [1.165, 1.54) is 13.3 Å². The van der Waals surface area contributed by atoms with E-state index in [0.717, 1.165) is 4.68 Å². The van der Waals surface area contributed by atoms with Gasteiger partial charge >= 0.3 is 5.97 Å². The van der Waals surface area contributed by atoms with Crippen molar-refractivity contribution in [2.24, 2.45) is 5.41 Å². The number of rotatable bonds is 4. The Labute approximate surface area is 126 Å². The van der Waals surface area contributed by atoms with Crippen LogP contribution in [0.25, 0.3) is 0 Å². The molecule has 20 heavy (non-hydrogen) atoms. The van der Waals surface area contributed by atoms with Crippen LogP contribution in [0.15, 0.2) is 15.5 Å². The zero-order chi connectivity index (χ0) is 15.5. The van der Waals surface area contributed by atoms with Gasteiger partial charge in [0.1, 0.15) is 11.0 Å². The molecule has 1 unspecified atom stereocenters. The number of carbonyl (C=O) groups is 1. The van der Waals surface area contributed by atoms with E-state index in [2.05, 4.69) is 51.9 Å². The minimum absolute atomic E-state index is 0.0420. The number of ether oxygens (including phenoxy) is 1. The highest BCUT2D eigenvalue weighted by molar-refractivity contribution is 9.10. The van der Waals surface area contributed by atoms with Crippen LogP contribution in [0.2, 0.25) is 0 Å². The average Bonchev–Trinajstić information content (AvgIpc) is 2.36. The van der Waals surface area contributed by atoms with Crippen molar-refractivity contribution in [3.8, 4) is 0 Å². The van der Waals surface area contributed by atoms with Crippen LogP contribution >= 0.6 is 15.9 Å². The van der Waals surface area contributed by atoms with Crippen molar-refractivity contribution in [3.63, 3.8) is 0 Å². The summed E-state index contributed by atoms with van der Waals surface area (Å²) < 4.78 is 5.93. The highest BCUT2D eigenvalue weighted by atomic mass is 79.9. The van der Waals surface area contributed by atoms with Gasteiger partial charge in [-0.1, -0.05) is 20.8 Å². The third-order valence-electron chi connectivity index (χ3n) is 3.16. The van der Waals surface area contributed by atoms with Gasteiger partial charge < -0.3 is 10.1 Å². The van der Waals surface area contributed by atoms with Crippen molar-refractivity contribution in [1.82, 2.24) is 9.78 Å². The summed E-state index contributed by atoms with van der Waals surface area (Å²) in [6.07, 6.45) is 1.52. The van der Waals surface area contributed by atoms with Gasteiger partial charge in [0.15, 0.2) is 0 Å². The summed E-state index contributed by atoms with van der Waals surface area (Å²) >= 11 is 3.25. The highest BCUT2D eigenvalue weighted by Gasteiger charge is 2.21. The largest absolute Gasteiger partial charge is 0.468 e. The molecular weight excluding hydrogens is 326 g/mol. The lowest BCUT2D eigenvalue weighted by Gasteiger charge is -2.29. The lowest BCUT2D eigenvalue weighted by atomic mass is 9.88. The molecular formula is C13H20BrN3O3. The zero-order valence-corrected chi connectivity index (χ0v) is 13.9. The Morgan fingerprint density at radius 3 is 2.65 bits per heavy atom. The molecule has 0 spiro atoms. The van der Waals surface area contributed by atoms with Crippen LogP contribution in [-0.2, 0) is 16.1 Å². The van der Waals surface area contributed by atoms with E-state index in [9.17, 15) is 9.59 Å². The summed E-state index contributed by atoms with van der Waals surface area (Å²) in [5.41, 5.74) is 0.278. The lowest BCUT2D eigenvalue weighted by molar-refractivity contribution is -0.141. The first-order chi connectivity index (χ1) is 9.16. The van der Waals surface area contributed by atoms with E-state index < -0.39 is 5.97 Å². The predicted molar refractivity (Wildman–Crippen MR) is 80.8 cm³/mol. The van der Waals surface area contributed by atoms with E-state index in [4.69, 9.17) is 0 Å². The van der Waals surface area contributed by atoms with Crippen LogP contribution in [0, 0.1) is 5.41 Å². The van der Waals surface area contributed by atoms with E-state index in [1.807, 2.05) is 6.92 Å². The molecule has 0 saturated carbocycles. The molecule has 0 saturated heterocycles. The fourth-order valence-electron chi connectivity index (χ4n) is 1.31. The number of methoxy groups -OCH3 is 1. The van der Waals surface area contributed by atoms with Gasteiger partial charge in [0.2, 0.25) is 0 Å². The SMILES string of the molecule is COC(=O)Cn1ncc(NC(C)C(C)(C)C)c(Br)c1=O. The normalized spacial score (nSPS) is 12.9. The van der Waals surface area contributed by atoms with Crippen LogP contribution < -0.4 is 10.9 Å². The molecule has 6 nitrogen and oxygen atoms in total. The molecule has 1 aromatic heterocycles. The summed E-state index contributed by atoms with van der Waals surface area (Å²) in [4.78, 5) is 23.3. The Kier molecular flexibility index (Phi) is 5.33. The van der Waals surface area contributed by atoms with Gasteiger partial charge in [-0.2, -0.15) is 5.10 Å². The third kappa shape index (κ3) is 4.06.